The first kappa shape index (κ1) is 17.0. The number of amides is 1. The Kier molecular flexibility index (Phi) is 4.89. The highest BCUT2D eigenvalue weighted by Gasteiger charge is 2.31. The molecule has 0 bridgehead atoms. The summed E-state index contributed by atoms with van der Waals surface area (Å²) in [5.41, 5.74) is 1.07. The molecule has 1 saturated heterocycles. The van der Waals surface area contributed by atoms with Gasteiger partial charge in [0.1, 0.15) is 19.0 Å². The number of carbonyl (C=O) groups excluding carboxylic acids is 1. The molecule has 0 aromatic heterocycles. The molecule has 1 unspecified atom stereocenters. The van der Waals surface area contributed by atoms with E-state index in [1.54, 1.807) is 24.3 Å². The van der Waals surface area contributed by atoms with E-state index >= 15 is 0 Å². The molecule has 136 valence electrons. The zero-order valence-electron chi connectivity index (χ0n) is 14.3. The third kappa shape index (κ3) is 3.58. The van der Waals surface area contributed by atoms with Gasteiger partial charge in [0.15, 0.2) is 18.1 Å². The van der Waals surface area contributed by atoms with Crippen molar-refractivity contribution in [1.29, 1.82) is 0 Å². The standard InChI is InChI=1S/C20H20ClNO4/c21-15-3-1-4-16(12-15)26-13-20(23)22-8-2-5-17(22)14-6-7-18-19(11-14)25-10-9-24-18/h1,3-4,6-7,11-12,17H,2,5,8-10,13H2. The van der Waals surface area contributed by atoms with Gasteiger partial charge in [-0.05, 0) is 48.7 Å². The maximum Gasteiger partial charge on any atom is 0.261 e. The van der Waals surface area contributed by atoms with Crippen molar-refractivity contribution in [1.82, 2.24) is 4.90 Å². The predicted molar refractivity (Wildman–Crippen MR) is 98.1 cm³/mol. The van der Waals surface area contributed by atoms with Crippen LogP contribution in [0.3, 0.4) is 0 Å². The Hall–Kier alpha value is -2.40. The van der Waals surface area contributed by atoms with Crippen LogP contribution in [0.2, 0.25) is 5.02 Å². The normalized spacial score (nSPS) is 18.7. The summed E-state index contributed by atoms with van der Waals surface area (Å²) in [6, 6.07) is 13.0. The van der Waals surface area contributed by atoms with E-state index in [9.17, 15) is 4.79 Å². The van der Waals surface area contributed by atoms with Crippen molar-refractivity contribution in [2.75, 3.05) is 26.4 Å². The first-order valence-electron chi connectivity index (χ1n) is 8.78. The highest BCUT2D eigenvalue weighted by Crippen LogP contribution is 2.38. The fraction of sp³-hybridized carbons (Fsp3) is 0.350. The third-order valence-electron chi connectivity index (χ3n) is 4.68. The number of halogens is 1. The van der Waals surface area contributed by atoms with E-state index in [0.717, 1.165) is 36.4 Å². The Balaban J connectivity index is 1.45. The van der Waals surface area contributed by atoms with Gasteiger partial charge in [0.05, 0.1) is 6.04 Å². The van der Waals surface area contributed by atoms with E-state index in [4.69, 9.17) is 25.8 Å². The topological polar surface area (TPSA) is 48.0 Å². The number of rotatable bonds is 4. The Morgan fingerprint density at radius 2 is 2.00 bits per heavy atom. The van der Waals surface area contributed by atoms with E-state index in [1.165, 1.54) is 0 Å². The largest absolute Gasteiger partial charge is 0.486 e. The summed E-state index contributed by atoms with van der Waals surface area (Å²) in [7, 11) is 0. The average Bonchev–Trinajstić information content (AvgIpc) is 3.16. The summed E-state index contributed by atoms with van der Waals surface area (Å²) in [6.45, 7) is 1.86. The van der Waals surface area contributed by atoms with Gasteiger partial charge in [-0.1, -0.05) is 23.7 Å². The van der Waals surface area contributed by atoms with Crippen molar-refractivity contribution in [3.05, 3.63) is 53.1 Å². The smallest absolute Gasteiger partial charge is 0.261 e. The van der Waals surface area contributed by atoms with E-state index < -0.39 is 0 Å². The van der Waals surface area contributed by atoms with Crippen molar-refractivity contribution >= 4 is 17.5 Å². The zero-order chi connectivity index (χ0) is 17.9. The number of hydrogen-bond donors (Lipinski definition) is 0. The molecule has 1 atom stereocenters. The molecule has 2 aromatic carbocycles. The minimum Gasteiger partial charge on any atom is -0.486 e. The van der Waals surface area contributed by atoms with Gasteiger partial charge in [-0.15, -0.1) is 0 Å². The van der Waals surface area contributed by atoms with Crippen molar-refractivity contribution in [3.63, 3.8) is 0 Å². The molecule has 4 rings (SSSR count). The van der Waals surface area contributed by atoms with Crippen LogP contribution in [0.1, 0.15) is 24.4 Å². The fourth-order valence-corrected chi connectivity index (χ4v) is 3.64. The molecular weight excluding hydrogens is 354 g/mol. The lowest BCUT2D eigenvalue weighted by Gasteiger charge is -2.26. The molecule has 2 heterocycles. The molecular formula is C20H20ClNO4. The van der Waals surface area contributed by atoms with Crippen LogP contribution < -0.4 is 14.2 Å². The van der Waals surface area contributed by atoms with Crippen LogP contribution in [-0.4, -0.2) is 37.2 Å². The Morgan fingerprint density at radius 3 is 2.85 bits per heavy atom. The lowest BCUT2D eigenvalue weighted by molar-refractivity contribution is -0.134. The van der Waals surface area contributed by atoms with Crippen molar-refractivity contribution in [2.45, 2.75) is 18.9 Å². The first-order chi connectivity index (χ1) is 12.7. The van der Waals surface area contributed by atoms with E-state index in [-0.39, 0.29) is 18.6 Å². The van der Waals surface area contributed by atoms with Gasteiger partial charge >= 0.3 is 0 Å². The maximum atomic E-state index is 12.7. The summed E-state index contributed by atoms with van der Waals surface area (Å²) in [5, 5.41) is 0.588. The number of hydrogen-bond acceptors (Lipinski definition) is 4. The van der Waals surface area contributed by atoms with Gasteiger partial charge in [-0.2, -0.15) is 0 Å². The van der Waals surface area contributed by atoms with Crippen LogP contribution >= 0.6 is 11.6 Å². The summed E-state index contributed by atoms with van der Waals surface area (Å²) >= 11 is 5.95. The molecule has 0 aliphatic carbocycles. The van der Waals surface area contributed by atoms with Gasteiger partial charge in [-0.3, -0.25) is 4.79 Å². The minimum atomic E-state index is -0.0256. The molecule has 0 radical (unpaired) electrons. The molecule has 0 spiro atoms. The Bertz CT molecular complexity index is 810. The summed E-state index contributed by atoms with van der Waals surface area (Å²) in [6.07, 6.45) is 1.91. The lowest BCUT2D eigenvalue weighted by Crippen LogP contribution is -2.34. The van der Waals surface area contributed by atoms with E-state index in [0.29, 0.717) is 24.0 Å². The van der Waals surface area contributed by atoms with Gasteiger partial charge in [0, 0.05) is 11.6 Å². The summed E-state index contributed by atoms with van der Waals surface area (Å²) in [5.74, 6) is 2.09. The molecule has 0 N–H and O–H groups in total. The molecule has 5 nitrogen and oxygen atoms in total. The van der Waals surface area contributed by atoms with E-state index in [1.807, 2.05) is 23.1 Å². The number of fused-ring (bicyclic) bond motifs is 1. The van der Waals surface area contributed by atoms with E-state index in [2.05, 4.69) is 0 Å². The van der Waals surface area contributed by atoms with Gasteiger partial charge in [0.25, 0.3) is 5.91 Å². The molecule has 6 heteroatoms. The average molecular weight is 374 g/mol. The monoisotopic (exact) mass is 373 g/mol. The second kappa shape index (κ2) is 7.46. The Labute approximate surface area is 157 Å². The van der Waals surface area contributed by atoms with Crippen LogP contribution in [-0.2, 0) is 4.79 Å². The molecule has 2 aromatic rings. The predicted octanol–water partition coefficient (Wildman–Crippen LogP) is 3.85. The maximum absolute atomic E-state index is 12.7. The molecule has 2 aliphatic rings. The minimum absolute atomic E-state index is 0.00138. The van der Waals surface area contributed by atoms with Crippen LogP contribution in [0, 0.1) is 0 Å². The quantitative estimate of drug-likeness (QED) is 0.816. The SMILES string of the molecule is O=C(COc1cccc(Cl)c1)N1CCCC1c1ccc2c(c1)OCCO2. The van der Waals surface area contributed by atoms with Crippen LogP contribution in [0.4, 0.5) is 0 Å². The molecule has 26 heavy (non-hydrogen) atoms. The van der Waals surface area contributed by atoms with Gasteiger partial charge in [0.2, 0.25) is 0 Å². The highest BCUT2D eigenvalue weighted by molar-refractivity contribution is 6.30. The fourth-order valence-electron chi connectivity index (χ4n) is 3.46. The number of likely N-dealkylation sites (tertiary alicyclic amines) is 1. The summed E-state index contributed by atoms with van der Waals surface area (Å²) in [4.78, 5) is 14.6. The van der Waals surface area contributed by atoms with Crippen LogP contribution in [0.15, 0.2) is 42.5 Å². The van der Waals surface area contributed by atoms with Gasteiger partial charge < -0.3 is 19.1 Å². The second-order valence-electron chi connectivity index (χ2n) is 6.39. The molecule has 1 fully saturated rings. The molecule has 2 aliphatic heterocycles. The number of benzene rings is 2. The number of ether oxygens (including phenoxy) is 3. The summed E-state index contributed by atoms with van der Waals surface area (Å²) < 4.78 is 16.9. The number of carbonyl (C=O) groups is 1. The second-order valence-corrected chi connectivity index (χ2v) is 6.83. The van der Waals surface area contributed by atoms with Crippen molar-refractivity contribution in [2.24, 2.45) is 0 Å². The third-order valence-corrected chi connectivity index (χ3v) is 4.92. The van der Waals surface area contributed by atoms with Crippen LogP contribution in [0.25, 0.3) is 0 Å². The van der Waals surface area contributed by atoms with Crippen molar-refractivity contribution in [3.8, 4) is 17.2 Å². The van der Waals surface area contributed by atoms with Crippen molar-refractivity contribution < 1.29 is 19.0 Å². The zero-order valence-corrected chi connectivity index (χ0v) is 15.1. The van der Waals surface area contributed by atoms with Crippen LogP contribution in [0.5, 0.6) is 17.2 Å². The first-order valence-corrected chi connectivity index (χ1v) is 9.16. The lowest BCUT2D eigenvalue weighted by atomic mass is 10.0. The van der Waals surface area contributed by atoms with Gasteiger partial charge in [-0.25, -0.2) is 0 Å². The number of nitrogens with zero attached hydrogens (tertiary/aromatic N) is 1. The highest BCUT2D eigenvalue weighted by atomic mass is 35.5. The Morgan fingerprint density at radius 1 is 1.15 bits per heavy atom. The molecule has 1 amide bonds. The molecule has 0 saturated carbocycles.